The summed E-state index contributed by atoms with van der Waals surface area (Å²) in [6, 6.07) is 0. The van der Waals surface area contributed by atoms with Gasteiger partial charge in [-0.15, -0.1) is 0 Å². The third-order valence-corrected chi connectivity index (χ3v) is 3.64. The Balaban J connectivity index is 1.92. The minimum absolute atomic E-state index is 0.121. The Hall–Kier alpha value is -1.68. The van der Waals surface area contributed by atoms with E-state index >= 15 is 0 Å². The van der Waals surface area contributed by atoms with Crippen molar-refractivity contribution in [3.63, 3.8) is 0 Å². The Morgan fingerprint density at radius 2 is 2.20 bits per heavy atom. The molecule has 0 aromatic carbocycles. The van der Waals surface area contributed by atoms with Gasteiger partial charge in [0.05, 0.1) is 19.5 Å². The molecule has 0 spiro atoms. The van der Waals surface area contributed by atoms with E-state index in [2.05, 4.69) is 9.97 Å². The maximum absolute atomic E-state index is 10.1. The van der Waals surface area contributed by atoms with E-state index in [-0.39, 0.29) is 12.6 Å². The molecule has 0 bridgehead atoms. The molecular weight excluding hydrogens is 266 g/mol. The average molecular weight is 283 g/mol. The van der Waals surface area contributed by atoms with Gasteiger partial charge in [-0.3, -0.25) is 0 Å². The van der Waals surface area contributed by atoms with Crippen molar-refractivity contribution in [2.75, 3.05) is 35.9 Å². The van der Waals surface area contributed by atoms with Gasteiger partial charge in [0, 0.05) is 7.05 Å². The van der Waals surface area contributed by atoms with Crippen LogP contribution in [-0.4, -0.2) is 70.2 Å². The Bertz CT molecular complexity index is 516. The van der Waals surface area contributed by atoms with Gasteiger partial charge in [-0.25, -0.2) is 4.98 Å². The number of aliphatic hydroxyl groups is 3. The van der Waals surface area contributed by atoms with Crippen molar-refractivity contribution in [2.45, 2.75) is 24.5 Å². The van der Waals surface area contributed by atoms with Crippen molar-refractivity contribution in [2.24, 2.45) is 0 Å². The van der Waals surface area contributed by atoms with E-state index < -0.39 is 24.5 Å². The predicted octanol–water partition coefficient (Wildman–Crippen LogP) is -2.29. The first-order chi connectivity index (χ1) is 9.52. The number of hydrogen-bond donors (Lipinski definition) is 4. The minimum Gasteiger partial charge on any atom is -0.394 e. The molecule has 3 rings (SSSR count). The molecule has 1 aromatic rings. The van der Waals surface area contributed by atoms with Crippen LogP contribution in [-0.2, 0) is 4.74 Å². The lowest BCUT2D eigenvalue weighted by Crippen LogP contribution is -2.45. The van der Waals surface area contributed by atoms with Crippen LogP contribution < -0.4 is 15.5 Å². The largest absolute Gasteiger partial charge is 0.394 e. The Labute approximate surface area is 115 Å². The zero-order valence-electron chi connectivity index (χ0n) is 10.9. The molecule has 20 heavy (non-hydrogen) atoms. The van der Waals surface area contributed by atoms with Gasteiger partial charge in [0.25, 0.3) is 0 Å². The lowest BCUT2D eigenvalue weighted by atomic mass is 10.1. The average Bonchev–Trinajstić information content (AvgIpc) is 2.89. The van der Waals surface area contributed by atoms with Crippen molar-refractivity contribution in [1.82, 2.24) is 9.97 Å². The molecule has 9 heteroatoms. The van der Waals surface area contributed by atoms with Crippen LogP contribution in [0.3, 0.4) is 0 Å². The number of fused-ring (bicyclic) bond motifs is 1. The van der Waals surface area contributed by atoms with E-state index in [1.807, 2.05) is 11.9 Å². The molecule has 3 heterocycles. The van der Waals surface area contributed by atoms with Crippen LogP contribution in [0.4, 0.5) is 17.5 Å². The van der Waals surface area contributed by atoms with E-state index in [0.717, 1.165) is 5.69 Å². The molecule has 0 unspecified atom stereocenters. The third-order valence-electron chi connectivity index (χ3n) is 3.64. The number of nitrogens with zero attached hydrogens (tertiary/aromatic N) is 4. The fourth-order valence-corrected chi connectivity index (χ4v) is 2.57. The summed E-state index contributed by atoms with van der Waals surface area (Å²) in [5.74, 6) is 0.658. The standard InChI is InChI=1S/C11H17N5O4/c1-15-4-16(9-5(15)2-13-11(12)14-9)10-8(19)7(18)6(3-17)20-10/h2,6-8,10,17-19H,3-4H2,1H3,(H2,12,13,14)/t6-,7-,8-,10-/m1/s1. The van der Waals surface area contributed by atoms with E-state index in [9.17, 15) is 10.2 Å². The van der Waals surface area contributed by atoms with Gasteiger partial charge in [0.15, 0.2) is 12.0 Å². The number of hydrogen-bond acceptors (Lipinski definition) is 9. The topological polar surface area (TPSA) is 128 Å². The highest BCUT2D eigenvalue weighted by atomic mass is 16.6. The quantitative estimate of drug-likeness (QED) is 0.474. The number of aliphatic hydroxyl groups excluding tert-OH is 3. The smallest absolute Gasteiger partial charge is 0.222 e. The van der Waals surface area contributed by atoms with Gasteiger partial charge in [-0.05, 0) is 0 Å². The van der Waals surface area contributed by atoms with E-state index in [0.29, 0.717) is 12.5 Å². The van der Waals surface area contributed by atoms with E-state index in [1.165, 1.54) is 0 Å². The molecule has 110 valence electrons. The van der Waals surface area contributed by atoms with Crippen molar-refractivity contribution < 1.29 is 20.1 Å². The fraction of sp³-hybridized carbons (Fsp3) is 0.636. The van der Waals surface area contributed by atoms with Crippen LogP contribution in [0.2, 0.25) is 0 Å². The van der Waals surface area contributed by atoms with E-state index in [1.54, 1.807) is 11.1 Å². The summed E-state index contributed by atoms with van der Waals surface area (Å²) >= 11 is 0. The SMILES string of the molecule is CN1CN([C@@H]2O[C@H](CO)[C@@H](O)[C@H]2O)c2nc(N)ncc21. The first-order valence-corrected chi connectivity index (χ1v) is 6.25. The zero-order valence-corrected chi connectivity index (χ0v) is 10.9. The van der Waals surface area contributed by atoms with Crippen molar-refractivity contribution >= 4 is 17.5 Å². The second kappa shape index (κ2) is 4.70. The van der Waals surface area contributed by atoms with Crippen molar-refractivity contribution in [1.29, 1.82) is 0 Å². The molecular formula is C11H17N5O4. The van der Waals surface area contributed by atoms with Gasteiger partial charge < -0.3 is 35.6 Å². The minimum atomic E-state index is -1.14. The number of anilines is 3. The third kappa shape index (κ3) is 1.86. The highest BCUT2D eigenvalue weighted by molar-refractivity contribution is 5.72. The van der Waals surface area contributed by atoms with Gasteiger partial charge in [0.1, 0.15) is 24.0 Å². The molecule has 9 nitrogen and oxygen atoms in total. The van der Waals surface area contributed by atoms with Gasteiger partial charge in [-0.2, -0.15) is 4.98 Å². The van der Waals surface area contributed by atoms with Crippen LogP contribution in [0.15, 0.2) is 6.20 Å². The molecule has 2 aliphatic rings. The Morgan fingerprint density at radius 3 is 2.85 bits per heavy atom. The molecule has 1 fully saturated rings. The van der Waals surface area contributed by atoms with Gasteiger partial charge in [0.2, 0.25) is 5.95 Å². The molecule has 0 radical (unpaired) electrons. The summed E-state index contributed by atoms with van der Waals surface area (Å²) in [7, 11) is 1.85. The molecule has 1 aromatic heterocycles. The Morgan fingerprint density at radius 1 is 1.45 bits per heavy atom. The first kappa shape index (κ1) is 13.3. The van der Waals surface area contributed by atoms with Crippen molar-refractivity contribution in [3.05, 3.63) is 6.20 Å². The normalized spacial score (nSPS) is 32.8. The van der Waals surface area contributed by atoms with Crippen LogP contribution in [0.1, 0.15) is 0 Å². The number of aromatic nitrogens is 2. The van der Waals surface area contributed by atoms with Crippen LogP contribution in [0, 0.1) is 0 Å². The summed E-state index contributed by atoms with van der Waals surface area (Å²) in [5.41, 5.74) is 6.35. The maximum atomic E-state index is 10.1. The summed E-state index contributed by atoms with van der Waals surface area (Å²) in [6.45, 7) is 0.0528. The molecule has 2 aliphatic heterocycles. The number of nitrogen functional groups attached to an aromatic ring is 1. The molecule has 1 saturated heterocycles. The summed E-state index contributed by atoms with van der Waals surface area (Å²) in [4.78, 5) is 11.7. The second-order valence-corrected chi connectivity index (χ2v) is 4.98. The lowest BCUT2D eigenvalue weighted by Gasteiger charge is -2.27. The summed E-state index contributed by atoms with van der Waals surface area (Å²) in [6.07, 6.45) is -2.29. The van der Waals surface area contributed by atoms with Gasteiger partial charge >= 0.3 is 0 Å². The number of rotatable bonds is 2. The first-order valence-electron chi connectivity index (χ1n) is 6.25. The molecule has 5 N–H and O–H groups in total. The van der Waals surface area contributed by atoms with Crippen LogP contribution in [0.25, 0.3) is 0 Å². The monoisotopic (exact) mass is 283 g/mol. The number of nitrogens with two attached hydrogens (primary N) is 1. The lowest BCUT2D eigenvalue weighted by molar-refractivity contribution is -0.0221. The maximum Gasteiger partial charge on any atom is 0.222 e. The van der Waals surface area contributed by atoms with Crippen molar-refractivity contribution in [3.8, 4) is 0 Å². The van der Waals surface area contributed by atoms with E-state index in [4.69, 9.17) is 15.6 Å². The predicted molar refractivity (Wildman–Crippen MR) is 70.0 cm³/mol. The molecule has 0 saturated carbocycles. The fourth-order valence-electron chi connectivity index (χ4n) is 2.57. The summed E-state index contributed by atoms with van der Waals surface area (Å²) < 4.78 is 5.51. The molecule has 0 aliphatic carbocycles. The van der Waals surface area contributed by atoms with Gasteiger partial charge in [-0.1, -0.05) is 0 Å². The number of ether oxygens (including phenoxy) is 1. The highest BCUT2D eigenvalue weighted by Gasteiger charge is 2.47. The van der Waals surface area contributed by atoms with Crippen LogP contribution >= 0.6 is 0 Å². The van der Waals surface area contributed by atoms with Crippen LogP contribution in [0.5, 0.6) is 0 Å². The zero-order chi connectivity index (χ0) is 14.4. The Kier molecular flexibility index (Phi) is 3.13. The molecule has 0 amide bonds. The highest BCUT2D eigenvalue weighted by Crippen LogP contribution is 2.37. The summed E-state index contributed by atoms with van der Waals surface area (Å²) in [5, 5.41) is 29.0. The second-order valence-electron chi connectivity index (χ2n) is 4.98. The molecule has 4 atom stereocenters.